The Morgan fingerprint density at radius 1 is 1.45 bits per heavy atom. The zero-order valence-electron chi connectivity index (χ0n) is 11.5. The Kier molecular flexibility index (Phi) is 4.95. The first-order valence-electron chi connectivity index (χ1n) is 6.63. The van der Waals surface area contributed by atoms with E-state index >= 15 is 0 Å². The minimum atomic E-state index is -0.356. The minimum Gasteiger partial charge on any atom is -0.464 e. The van der Waals surface area contributed by atoms with Crippen molar-refractivity contribution in [3.63, 3.8) is 0 Å². The quantitative estimate of drug-likeness (QED) is 0.845. The summed E-state index contributed by atoms with van der Waals surface area (Å²) in [6, 6.07) is 7.50. The summed E-state index contributed by atoms with van der Waals surface area (Å²) in [7, 11) is 0. The van der Waals surface area contributed by atoms with E-state index in [1.54, 1.807) is 6.20 Å². The van der Waals surface area contributed by atoms with E-state index in [0.29, 0.717) is 13.0 Å². The third kappa shape index (κ3) is 3.28. The minimum absolute atomic E-state index is 0.232. The monoisotopic (exact) mass is 336 g/mol. The van der Waals surface area contributed by atoms with Gasteiger partial charge in [0.05, 0.1) is 17.8 Å². The van der Waals surface area contributed by atoms with Crippen LogP contribution in [0.4, 0.5) is 5.69 Å². The van der Waals surface area contributed by atoms with Gasteiger partial charge in [-0.2, -0.15) is 0 Å². The molecule has 5 heteroatoms. The molecule has 0 fully saturated rings. The van der Waals surface area contributed by atoms with Crippen molar-refractivity contribution in [1.29, 1.82) is 0 Å². The second-order valence-corrected chi connectivity index (χ2v) is 5.30. The van der Waals surface area contributed by atoms with Gasteiger partial charge < -0.3 is 10.1 Å². The maximum atomic E-state index is 11.9. The van der Waals surface area contributed by atoms with Crippen LogP contribution in [0.15, 0.2) is 34.9 Å². The molecule has 0 bridgehead atoms. The number of nitrogens with one attached hydrogen (secondary N) is 1. The number of pyridine rings is 1. The molecule has 1 atom stereocenters. The van der Waals surface area contributed by atoms with Crippen molar-refractivity contribution in [3.05, 3.63) is 34.9 Å². The number of benzene rings is 1. The van der Waals surface area contributed by atoms with E-state index in [1.165, 1.54) is 0 Å². The Labute approximate surface area is 126 Å². The highest BCUT2D eigenvalue weighted by Gasteiger charge is 2.18. The highest BCUT2D eigenvalue weighted by Crippen LogP contribution is 2.24. The molecule has 106 valence electrons. The molecule has 1 aromatic carbocycles. The summed E-state index contributed by atoms with van der Waals surface area (Å²) in [5, 5.41) is 4.24. The topological polar surface area (TPSA) is 51.2 Å². The number of carbonyl (C=O) groups excluding carboxylic acids is 1. The third-order valence-corrected chi connectivity index (χ3v) is 3.42. The molecule has 0 aliphatic rings. The summed E-state index contributed by atoms with van der Waals surface area (Å²) in [6.45, 7) is 4.14. The fourth-order valence-electron chi connectivity index (χ4n) is 2.01. The zero-order valence-corrected chi connectivity index (χ0v) is 13.1. The number of aromatic nitrogens is 1. The zero-order chi connectivity index (χ0) is 14.5. The van der Waals surface area contributed by atoms with Crippen molar-refractivity contribution in [1.82, 2.24) is 4.98 Å². The first-order chi connectivity index (χ1) is 9.65. The molecule has 2 rings (SSSR count). The first-order valence-corrected chi connectivity index (χ1v) is 7.42. The summed E-state index contributed by atoms with van der Waals surface area (Å²) >= 11 is 3.41. The van der Waals surface area contributed by atoms with Gasteiger partial charge >= 0.3 is 5.97 Å². The van der Waals surface area contributed by atoms with Gasteiger partial charge in [0.15, 0.2) is 0 Å². The number of fused-ring (bicyclic) bond motifs is 1. The van der Waals surface area contributed by atoms with Crippen LogP contribution < -0.4 is 5.32 Å². The van der Waals surface area contributed by atoms with Crippen molar-refractivity contribution in [3.8, 4) is 0 Å². The molecule has 1 heterocycles. The Hall–Kier alpha value is -1.62. The molecule has 0 aliphatic heterocycles. The van der Waals surface area contributed by atoms with Crippen LogP contribution in [-0.2, 0) is 9.53 Å². The number of anilines is 1. The molecule has 1 aromatic heterocycles. The number of halogens is 1. The van der Waals surface area contributed by atoms with Crippen molar-refractivity contribution >= 4 is 38.5 Å². The number of rotatable bonds is 5. The van der Waals surface area contributed by atoms with Crippen LogP contribution in [0, 0.1) is 0 Å². The van der Waals surface area contributed by atoms with Crippen LogP contribution in [0.2, 0.25) is 0 Å². The van der Waals surface area contributed by atoms with Crippen molar-refractivity contribution in [2.75, 3.05) is 11.9 Å². The van der Waals surface area contributed by atoms with E-state index in [-0.39, 0.29) is 12.0 Å². The number of hydrogen-bond acceptors (Lipinski definition) is 4. The molecule has 0 radical (unpaired) electrons. The Balaban J connectivity index is 2.30. The van der Waals surface area contributed by atoms with Crippen LogP contribution in [0.25, 0.3) is 10.9 Å². The number of nitrogens with zero attached hydrogens (tertiary/aromatic N) is 1. The fourth-order valence-corrected chi connectivity index (χ4v) is 2.36. The van der Waals surface area contributed by atoms with Gasteiger partial charge in [-0.05, 0) is 41.4 Å². The molecule has 20 heavy (non-hydrogen) atoms. The van der Waals surface area contributed by atoms with Gasteiger partial charge in [0, 0.05) is 16.1 Å². The molecule has 2 aromatic rings. The average molecular weight is 337 g/mol. The molecule has 0 amide bonds. The van der Waals surface area contributed by atoms with Gasteiger partial charge in [-0.1, -0.05) is 19.1 Å². The van der Waals surface area contributed by atoms with Crippen molar-refractivity contribution < 1.29 is 9.53 Å². The molecule has 0 saturated carbocycles. The average Bonchev–Trinajstić information content (AvgIpc) is 2.44. The summed E-state index contributed by atoms with van der Waals surface area (Å²) in [5.41, 5.74) is 1.69. The van der Waals surface area contributed by atoms with E-state index in [1.807, 2.05) is 38.1 Å². The van der Waals surface area contributed by atoms with Crippen LogP contribution in [0.1, 0.15) is 20.3 Å². The van der Waals surface area contributed by atoms with Crippen molar-refractivity contribution in [2.24, 2.45) is 0 Å². The number of ether oxygens (including phenoxy) is 1. The lowest BCUT2D eigenvalue weighted by Gasteiger charge is -2.17. The number of carbonyl (C=O) groups is 1. The van der Waals surface area contributed by atoms with Crippen LogP contribution in [0.3, 0.4) is 0 Å². The molecule has 0 spiro atoms. The highest BCUT2D eigenvalue weighted by molar-refractivity contribution is 9.10. The van der Waals surface area contributed by atoms with Crippen LogP contribution >= 0.6 is 15.9 Å². The van der Waals surface area contributed by atoms with E-state index in [9.17, 15) is 4.79 Å². The largest absolute Gasteiger partial charge is 0.464 e. The standard InChI is InChI=1S/C15H17BrN2O2/c1-3-12(15(19)20-4-2)18-13-7-5-6-10-8-11(16)9-17-14(10)13/h5-9,12,18H,3-4H2,1-2H3. The Bertz CT molecular complexity index is 616. The first kappa shape index (κ1) is 14.8. The van der Waals surface area contributed by atoms with Gasteiger partial charge in [0.25, 0.3) is 0 Å². The molecular formula is C15H17BrN2O2. The van der Waals surface area contributed by atoms with E-state index in [2.05, 4.69) is 26.2 Å². The summed E-state index contributed by atoms with van der Waals surface area (Å²) < 4.78 is 6.00. The van der Waals surface area contributed by atoms with Gasteiger partial charge in [-0.25, -0.2) is 4.79 Å². The lowest BCUT2D eigenvalue weighted by Crippen LogP contribution is -2.30. The maximum absolute atomic E-state index is 11.9. The smallest absolute Gasteiger partial charge is 0.328 e. The fraction of sp³-hybridized carbons (Fsp3) is 0.333. The summed E-state index contributed by atoms with van der Waals surface area (Å²) in [6.07, 6.45) is 2.41. The lowest BCUT2D eigenvalue weighted by molar-refractivity contribution is -0.144. The summed E-state index contributed by atoms with van der Waals surface area (Å²) in [5.74, 6) is -0.232. The predicted octanol–water partition coefficient (Wildman–Crippen LogP) is 3.75. The SMILES string of the molecule is CCOC(=O)C(CC)Nc1cccc2cc(Br)cnc12. The van der Waals surface area contributed by atoms with E-state index in [0.717, 1.165) is 21.1 Å². The number of para-hydroxylation sites is 1. The van der Waals surface area contributed by atoms with Crippen molar-refractivity contribution in [2.45, 2.75) is 26.3 Å². The predicted molar refractivity (Wildman–Crippen MR) is 83.8 cm³/mol. The summed E-state index contributed by atoms with van der Waals surface area (Å²) in [4.78, 5) is 16.3. The second kappa shape index (κ2) is 6.70. The molecule has 0 saturated heterocycles. The molecule has 1 N–H and O–H groups in total. The molecule has 0 aliphatic carbocycles. The number of hydrogen-bond donors (Lipinski definition) is 1. The maximum Gasteiger partial charge on any atom is 0.328 e. The Morgan fingerprint density at radius 2 is 2.25 bits per heavy atom. The molecular weight excluding hydrogens is 320 g/mol. The van der Waals surface area contributed by atoms with Gasteiger partial charge in [-0.3, -0.25) is 4.98 Å². The lowest BCUT2D eigenvalue weighted by atomic mass is 10.1. The highest BCUT2D eigenvalue weighted by atomic mass is 79.9. The van der Waals surface area contributed by atoms with Gasteiger partial charge in [-0.15, -0.1) is 0 Å². The third-order valence-electron chi connectivity index (χ3n) is 2.99. The Morgan fingerprint density at radius 3 is 2.95 bits per heavy atom. The second-order valence-electron chi connectivity index (χ2n) is 4.39. The molecule has 4 nitrogen and oxygen atoms in total. The van der Waals surface area contributed by atoms with Gasteiger partial charge in [0.2, 0.25) is 0 Å². The van der Waals surface area contributed by atoms with Gasteiger partial charge in [0.1, 0.15) is 6.04 Å². The van der Waals surface area contributed by atoms with Crippen LogP contribution in [-0.4, -0.2) is 23.6 Å². The van der Waals surface area contributed by atoms with E-state index < -0.39 is 0 Å². The molecule has 1 unspecified atom stereocenters. The van der Waals surface area contributed by atoms with E-state index in [4.69, 9.17) is 4.74 Å². The normalized spacial score (nSPS) is 12.2. The van der Waals surface area contributed by atoms with Crippen LogP contribution in [0.5, 0.6) is 0 Å². The number of esters is 1.